The molecule has 0 fully saturated rings. The molecule has 110 valence electrons. The summed E-state index contributed by atoms with van der Waals surface area (Å²) in [5.74, 6) is -1.74. The molecule has 20 heavy (non-hydrogen) atoms. The van der Waals surface area contributed by atoms with Crippen molar-refractivity contribution in [3.05, 3.63) is 33.6 Å². The van der Waals surface area contributed by atoms with Gasteiger partial charge in [0.1, 0.15) is 5.82 Å². The van der Waals surface area contributed by atoms with Crippen LogP contribution in [0.3, 0.4) is 0 Å². The first-order chi connectivity index (χ1) is 9.10. The van der Waals surface area contributed by atoms with Gasteiger partial charge in [0.05, 0.1) is 22.2 Å². The highest BCUT2D eigenvalue weighted by Crippen LogP contribution is 2.24. The number of nitrogens with one attached hydrogen (secondary N) is 2. The molecule has 0 aliphatic heterocycles. The van der Waals surface area contributed by atoms with Crippen molar-refractivity contribution in [1.82, 2.24) is 10.6 Å². The summed E-state index contributed by atoms with van der Waals surface area (Å²) in [5, 5.41) is 4.89. The summed E-state index contributed by atoms with van der Waals surface area (Å²) in [7, 11) is 0. The lowest BCUT2D eigenvalue weighted by atomic mass is 10.1. The first kappa shape index (κ1) is 16.7. The van der Waals surface area contributed by atoms with Crippen LogP contribution in [-0.2, 0) is 4.79 Å². The topological polar surface area (TPSA) is 58.2 Å². The minimum Gasteiger partial charge on any atom is -0.350 e. The zero-order chi connectivity index (χ0) is 15.5. The number of carbonyl (C=O) groups excluding carboxylic acids is 2. The second-order valence-electron chi connectivity index (χ2n) is 5.23. The number of hydrogen-bond acceptors (Lipinski definition) is 2. The predicted octanol–water partition coefficient (Wildman–Crippen LogP) is 2.78. The largest absolute Gasteiger partial charge is 0.350 e. The molecule has 0 saturated heterocycles. The molecule has 0 unspecified atom stereocenters. The van der Waals surface area contributed by atoms with Gasteiger partial charge in [0.25, 0.3) is 5.91 Å². The Kier molecular flexibility index (Phi) is 5.36. The molecule has 2 N–H and O–H groups in total. The van der Waals surface area contributed by atoms with Crippen LogP contribution in [0.2, 0.25) is 10.0 Å². The molecule has 2 amide bonds. The molecule has 0 radical (unpaired) electrons. The van der Waals surface area contributed by atoms with Crippen LogP contribution in [0.1, 0.15) is 31.1 Å². The van der Waals surface area contributed by atoms with Crippen molar-refractivity contribution < 1.29 is 14.0 Å². The van der Waals surface area contributed by atoms with E-state index in [9.17, 15) is 14.0 Å². The number of halogens is 3. The smallest absolute Gasteiger partial charge is 0.253 e. The van der Waals surface area contributed by atoms with E-state index in [0.717, 1.165) is 12.1 Å². The average molecular weight is 321 g/mol. The Labute approximate surface area is 126 Å². The summed E-state index contributed by atoms with van der Waals surface area (Å²) in [4.78, 5) is 23.4. The molecule has 0 aliphatic carbocycles. The van der Waals surface area contributed by atoms with E-state index in [0.29, 0.717) is 0 Å². The fourth-order valence-electron chi connectivity index (χ4n) is 1.41. The van der Waals surface area contributed by atoms with Crippen LogP contribution in [0.25, 0.3) is 0 Å². The van der Waals surface area contributed by atoms with Gasteiger partial charge in [0, 0.05) is 5.54 Å². The van der Waals surface area contributed by atoms with E-state index < -0.39 is 17.3 Å². The fourth-order valence-corrected chi connectivity index (χ4v) is 1.88. The van der Waals surface area contributed by atoms with Gasteiger partial charge in [-0.1, -0.05) is 23.2 Å². The second kappa shape index (κ2) is 6.41. The van der Waals surface area contributed by atoms with Crippen LogP contribution in [0.4, 0.5) is 4.39 Å². The molecular formula is C13H15Cl2FN2O2. The van der Waals surface area contributed by atoms with E-state index in [1.54, 1.807) is 0 Å². The maximum absolute atomic E-state index is 13.3. The predicted molar refractivity (Wildman–Crippen MR) is 76.6 cm³/mol. The van der Waals surface area contributed by atoms with E-state index in [-0.39, 0.29) is 28.1 Å². The van der Waals surface area contributed by atoms with Crippen molar-refractivity contribution in [2.45, 2.75) is 26.3 Å². The molecule has 1 aromatic carbocycles. The van der Waals surface area contributed by atoms with Crippen molar-refractivity contribution in [3.8, 4) is 0 Å². The van der Waals surface area contributed by atoms with Gasteiger partial charge in [0.2, 0.25) is 5.91 Å². The van der Waals surface area contributed by atoms with E-state index in [1.807, 2.05) is 20.8 Å². The van der Waals surface area contributed by atoms with Crippen LogP contribution in [0.5, 0.6) is 0 Å². The number of carbonyl (C=O) groups is 2. The summed E-state index contributed by atoms with van der Waals surface area (Å²) in [5.41, 5.74) is -0.469. The molecule has 0 bridgehead atoms. The SMILES string of the molecule is CC(C)(C)NC(=O)CNC(=O)c1cc(F)c(Cl)cc1Cl. The normalized spacial score (nSPS) is 11.1. The highest BCUT2D eigenvalue weighted by molar-refractivity contribution is 6.36. The Morgan fingerprint density at radius 3 is 2.35 bits per heavy atom. The van der Waals surface area contributed by atoms with Gasteiger partial charge in [-0.15, -0.1) is 0 Å². The molecule has 1 rings (SSSR count). The lowest BCUT2D eigenvalue weighted by Gasteiger charge is -2.20. The molecule has 7 heteroatoms. The average Bonchev–Trinajstić information content (AvgIpc) is 2.28. The number of benzene rings is 1. The Balaban J connectivity index is 2.69. The Morgan fingerprint density at radius 1 is 1.20 bits per heavy atom. The quantitative estimate of drug-likeness (QED) is 0.841. The third-order valence-corrected chi connectivity index (χ3v) is 2.78. The zero-order valence-electron chi connectivity index (χ0n) is 11.3. The van der Waals surface area contributed by atoms with E-state index in [1.165, 1.54) is 0 Å². The standard InChI is InChI=1S/C13H15Cl2FN2O2/c1-13(2,3)18-11(19)6-17-12(20)7-4-10(16)9(15)5-8(7)14/h4-5H,6H2,1-3H3,(H,17,20)(H,18,19). The summed E-state index contributed by atoms with van der Waals surface area (Å²) >= 11 is 11.3. The fraction of sp³-hybridized carbons (Fsp3) is 0.385. The van der Waals surface area contributed by atoms with Gasteiger partial charge in [-0.3, -0.25) is 9.59 Å². The van der Waals surface area contributed by atoms with Crippen molar-refractivity contribution in [2.75, 3.05) is 6.54 Å². The Morgan fingerprint density at radius 2 is 1.80 bits per heavy atom. The molecule has 0 heterocycles. The van der Waals surface area contributed by atoms with Gasteiger partial charge in [-0.25, -0.2) is 4.39 Å². The molecule has 0 saturated carbocycles. The van der Waals surface area contributed by atoms with Crippen molar-refractivity contribution >= 4 is 35.0 Å². The lowest BCUT2D eigenvalue weighted by Crippen LogP contribution is -2.45. The van der Waals surface area contributed by atoms with Crippen molar-refractivity contribution in [1.29, 1.82) is 0 Å². The Bertz CT molecular complexity index is 542. The highest BCUT2D eigenvalue weighted by Gasteiger charge is 2.17. The molecule has 0 atom stereocenters. The number of amides is 2. The monoisotopic (exact) mass is 320 g/mol. The third kappa shape index (κ3) is 4.98. The minimum absolute atomic E-state index is 0.0186. The van der Waals surface area contributed by atoms with Crippen LogP contribution in [-0.4, -0.2) is 23.9 Å². The first-order valence-electron chi connectivity index (χ1n) is 5.84. The molecule has 1 aromatic rings. The Hall–Kier alpha value is -1.33. The van der Waals surface area contributed by atoms with Gasteiger partial charge >= 0.3 is 0 Å². The summed E-state index contributed by atoms with van der Waals surface area (Å²) < 4.78 is 13.3. The number of hydrogen-bond donors (Lipinski definition) is 2. The first-order valence-corrected chi connectivity index (χ1v) is 6.59. The van der Waals surface area contributed by atoms with Crippen LogP contribution >= 0.6 is 23.2 Å². The number of rotatable bonds is 3. The third-order valence-electron chi connectivity index (χ3n) is 2.18. The van der Waals surface area contributed by atoms with Gasteiger partial charge in [-0.2, -0.15) is 0 Å². The second-order valence-corrected chi connectivity index (χ2v) is 6.04. The van der Waals surface area contributed by atoms with Crippen LogP contribution in [0.15, 0.2) is 12.1 Å². The van der Waals surface area contributed by atoms with Gasteiger partial charge in [0.15, 0.2) is 0 Å². The molecular weight excluding hydrogens is 306 g/mol. The molecule has 0 aliphatic rings. The van der Waals surface area contributed by atoms with Crippen LogP contribution < -0.4 is 10.6 Å². The van der Waals surface area contributed by atoms with Gasteiger partial charge in [-0.05, 0) is 32.9 Å². The molecule has 0 aromatic heterocycles. The lowest BCUT2D eigenvalue weighted by molar-refractivity contribution is -0.121. The summed E-state index contributed by atoms with van der Waals surface area (Å²) in [6, 6.07) is 2.07. The summed E-state index contributed by atoms with van der Waals surface area (Å²) in [6.07, 6.45) is 0. The molecule has 4 nitrogen and oxygen atoms in total. The van der Waals surface area contributed by atoms with E-state index in [2.05, 4.69) is 10.6 Å². The van der Waals surface area contributed by atoms with Crippen molar-refractivity contribution in [3.63, 3.8) is 0 Å². The van der Waals surface area contributed by atoms with Gasteiger partial charge < -0.3 is 10.6 Å². The summed E-state index contributed by atoms with van der Waals surface area (Å²) in [6.45, 7) is 5.23. The van der Waals surface area contributed by atoms with Crippen molar-refractivity contribution in [2.24, 2.45) is 0 Å². The minimum atomic E-state index is -0.750. The maximum atomic E-state index is 13.3. The maximum Gasteiger partial charge on any atom is 0.253 e. The van der Waals surface area contributed by atoms with E-state index >= 15 is 0 Å². The van der Waals surface area contributed by atoms with Crippen LogP contribution in [0, 0.1) is 5.82 Å². The highest BCUT2D eigenvalue weighted by atomic mass is 35.5. The molecule has 0 spiro atoms. The van der Waals surface area contributed by atoms with E-state index in [4.69, 9.17) is 23.2 Å². The zero-order valence-corrected chi connectivity index (χ0v) is 12.8.